The maximum atomic E-state index is 5.59. The van der Waals surface area contributed by atoms with Crippen LogP contribution in [0.5, 0.6) is 0 Å². The molecule has 0 spiro atoms. The van der Waals surface area contributed by atoms with E-state index in [1.54, 1.807) is 0 Å². The van der Waals surface area contributed by atoms with Crippen LogP contribution in [0.4, 0.5) is 0 Å². The van der Waals surface area contributed by atoms with E-state index in [4.69, 9.17) is 4.74 Å². The third-order valence-electron chi connectivity index (χ3n) is 4.10. The monoisotopic (exact) mass is 244 g/mol. The minimum absolute atomic E-state index is 0.368. The van der Waals surface area contributed by atoms with Gasteiger partial charge in [-0.15, -0.1) is 0 Å². The normalized spacial score (nSPS) is 39.8. The lowest BCUT2D eigenvalue weighted by Gasteiger charge is -2.37. The predicted molar refractivity (Wildman–Crippen MR) is 70.2 cm³/mol. The summed E-state index contributed by atoms with van der Waals surface area (Å²) in [5.41, 5.74) is 0.368. The summed E-state index contributed by atoms with van der Waals surface area (Å²) in [7, 11) is 4.42. The molecule has 3 atom stereocenters. The molecular weight excluding hydrogens is 220 g/mol. The van der Waals surface area contributed by atoms with Crippen LogP contribution in [0.25, 0.3) is 0 Å². The molecule has 0 aromatic heterocycles. The second kappa shape index (κ2) is 5.25. The van der Waals surface area contributed by atoms with Crippen molar-refractivity contribution in [3.63, 3.8) is 0 Å². The molecule has 0 bridgehead atoms. The van der Waals surface area contributed by atoms with Gasteiger partial charge in [-0.05, 0) is 39.6 Å². The Hall–Kier alpha value is 0.230. The minimum atomic E-state index is 0.368. The van der Waals surface area contributed by atoms with Crippen LogP contribution in [0.2, 0.25) is 0 Å². The first-order valence-corrected chi connectivity index (χ1v) is 7.40. The lowest BCUT2D eigenvalue weighted by molar-refractivity contribution is 0.106. The highest BCUT2D eigenvalue weighted by Crippen LogP contribution is 2.31. The van der Waals surface area contributed by atoms with E-state index in [0.29, 0.717) is 17.7 Å². The molecule has 1 N–H and O–H groups in total. The van der Waals surface area contributed by atoms with Gasteiger partial charge in [0.15, 0.2) is 0 Å². The molecule has 4 heteroatoms. The molecular formula is C12H24N2OS. The van der Waals surface area contributed by atoms with Crippen molar-refractivity contribution >= 4 is 11.8 Å². The zero-order valence-electron chi connectivity index (χ0n) is 10.7. The third kappa shape index (κ3) is 2.55. The Morgan fingerprint density at radius 2 is 2.31 bits per heavy atom. The standard InChI is InChI=1S/C12H24N2OS/c1-10-11(4-6-15-10)13-8-12(14(2)3)5-7-16-9-12/h10-11,13H,4-9H2,1-3H3. The molecule has 2 aliphatic heterocycles. The second-order valence-corrected chi connectivity index (χ2v) is 6.38. The van der Waals surface area contributed by atoms with Crippen molar-refractivity contribution < 1.29 is 4.74 Å². The van der Waals surface area contributed by atoms with Crippen LogP contribution < -0.4 is 5.32 Å². The van der Waals surface area contributed by atoms with Crippen molar-refractivity contribution in [3.05, 3.63) is 0 Å². The van der Waals surface area contributed by atoms with Crippen molar-refractivity contribution in [2.45, 2.75) is 37.5 Å². The van der Waals surface area contributed by atoms with E-state index >= 15 is 0 Å². The number of hydrogen-bond donors (Lipinski definition) is 1. The number of ether oxygens (including phenoxy) is 1. The summed E-state index contributed by atoms with van der Waals surface area (Å²) in [4.78, 5) is 2.40. The number of thioether (sulfide) groups is 1. The van der Waals surface area contributed by atoms with Crippen LogP contribution in [-0.4, -0.2) is 61.3 Å². The van der Waals surface area contributed by atoms with Gasteiger partial charge in [0.2, 0.25) is 0 Å². The van der Waals surface area contributed by atoms with Crippen LogP contribution in [0.3, 0.4) is 0 Å². The third-order valence-corrected chi connectivity index (χ3v) is 5.33. The van der Waals surface area contributed by atoms with E-state index in [1.807, 2.05) is 0 Å². The SMILES string of the molecule is CC1OCCC1NCC1(N(C)C)CCSC1. The molecule has 2 saturated heterocycles. The Balaban J connectivity index is 1.87. The van der Waals surface area contributed by atoms with E-state index in [1.165, 1.54) is 17.9 Å². The average molecular weight is 244 g/mol. The summed E-state index contributed by atoms with van der Waals surface area (Å²) >= 11 is 2.08. The highest BCUT2D eigenvalue weighted by molar-refractivity contribution is 7.99. The molecule has 94 valence electrons. The zero-order chi connectivity index (χ0) is 11.6. The molecule has 0 aromatic carbocycles. The molecule has 0 amide bonds. The summed E-state index contributed by atoms with van der Waals surface area (Å²) in [6.45, 7) is 4.20. The molecule has 3 unspecified atom stereocenters. The molecule has 2 aliphatic rings. The lowest BCUT2D eigenvalue weighted by atomic mass is 9.96. The smallest absolute Gasteiger partial charge is 0.0700 e. The van der Waals surface area contributed by atoms with Gasteiger partial charge in [-0.2, -0.15) is 11.8 Å². The number of rotatable bonds is 4. The fourth-order valence-electron chi connectivity index (χ4n) is 2.57. The quantitative estimate of drug-likeness (QED) is 0.803. The fourth-order valence-corrected chi connectivity index (χ4v) is 4.12. The van der Waals surface area contributed by atoms with Gasteiger partial charge in [-0.3, -0.25) is 0 Å². The van der Waals surface area contributed by atoms with Gasteiger partial charge in [-0.25, -0.2) is 0 Å². The number of nitrogens with one attached hydrogen (secondary N) is 1. The summed E-state index contributed by atoms with van der Waals surface area (Å²) < 4.78 is 5.59. The van der Waals surface area contributed by atoms with Crippen molar-refractivity contribution in [2.75, 3.05) is 38.8 Å². The summed E-state index contributed by atoms with van der Waals surface area (Å²) in [5, 5.41) is 3.72. The van der Waals surface area contributed by atoms with Gasteiger partial charge < -0.3 is 15.0 Å². The fraction of sp³-hybridized carbons (Fsp3) is 1.00. The summed E-state index contributed by atoms with van der Waals surface area (Å²) in [6, 6.07) is 0.558. The predicted octanol–water partition coefficient (Wildman–Crippen LogP) is 1.19. The largest absolute Gasteiger partial charge is 0.377 e. The van der Waals surface area contributed by atoms with E-state index in [9.17, 15) is 0 Å². The van der Waals surface area contributed by atoms with E-state index in [2.05, 4.69) is 43.0 Å². The summed E-state index contributed by atoms with van der Waals surface area (Å²) in [5.74, 6) is 2.56. The first-order valence-electron chi connectivity index (χ1n) is 6.24. The second-order valence-electron chi connectivity index (χ2n) is 5.27. The molecule has 16 heavy (non-hydrogen) atoms. The molecule has 0 aromatic rings. The van der Waals surface area contributed by atoms with Crippen LogP contribution in [0, 0.1) is 0 Å². The minimum Gasteiger partial charge on any atom is -0.377 e. The molecule has 0 saturated carbocycles. The van der Waals surface area contributed by atoms with Crippen LogP contribution in [-0.2, 0) is 4.74 Å². The Kier molecular flexibility index (Phi) is 4.16. The van der Waals surface area contributed by atoms with Crippen molar-refractivity contribution in [3.8, 4) is 0 Å². The van der Waals surface area contributed by atoms with Crippen LogP contribution in [0.15, 0.2) is 0 Å². The van der Waals surface area contributed by atoms with Crippen LogP contribution >= 0.6 is 11.8 Å². The topological polar surface area (TPSA) is 24.5 Å². The first kappa shape index (κ1) is 12.7. The van der Waals surface area contributed by atoms with Gasteiger partial charge in [0.25, 0.3) is 0 Å². The van der Waals surface area contributed by atoms with E-state index < -0.39 is 0 Å². The Bertz CT molecular complexity index is 229. The molecule has 0 radical (unpaired) electrons. The highest BCUT2D eigenvalue weighted by Gasteiger charge is 2.37. The van der Waals surface area contributed by atoms with Gasteiger partial charge in [0.05, 0.1) is 6.10 Å². The highest BCUT2D eigenvalue weighted by atomic mass is 32.2. The van der Waals surface area contributed by atoms with Gasteiger partial charge in [-0.1, -0.05) is 0 Å². The number of hydrogen-bond acceptors (Lipinski definition) is 4. The lowest BCUT2D eigenvalue weighted by Crippen LogP contribution is -2.54. The Morgan fingerprint density at radius 1 is 1.50 bits per heavy atom. The molecule has 0 aliphatic carbocycles. The van der Waals surface area contributed by atoms with Gasteiger partial charge in [0, 0.05) is 30.5 Å². The van der Waals surface area contributed by atoms with Crippen molar-refractivity contribution in [1.29, 1.82) is 0 Å². The zero-order valence-corrected chi connectivity index (χ0v) is 11.5. The Labute approximate surface area is 103 Å². The van der Waals surface area contributed by atoms with Crippen molar-refractivity contribution in [2.24, 2.45) is 0 Å². The first-order chi connectivity index (χ1) is 7.64. The summed E-state index contributed by atoms with van der Waals surface area (Å²) in [6.07, 6.45) is 2.85. The van der Waals surface area contributed by atoms with Gasteiger partial charge in [0.1, 0.15) is 0 Å². The molecule has 2 fully saturated rings. The molecule has 2 heterocycles. The number of likely N-dealkylation sites (N-methyl/N-ethyl adjacent to an activating group) is 1. The van der Waals surface area contributed by atoms with E-state index in [0.717, 1.165) is 19.6 Å². The maximum Gasteiger partial charge on any atom is 0.0700 e. The Morgan fingerprint density at radius 3 is 2.81 bits per heavy atom. The van der Waals surface area contributed by atoms with Crippen LogP contribution in [0.1, 0.15) is 19.8 Å². The average Bonchev–Trinajstić information content (AvgIpc) is 2.84. The molecule has 3 nitrogen and oxygen atoms in total. The molecule has 2 rings (SSSR count). The maximum absolute atomic E-state index is 5.59. The van der Waals surface area contributed by atoms with Crippen molar-refractivity contribution in [1.82, 2.24) is 10.2 Å². The van der Waals surface area contributed by atoms with E-state index in [-0.39, 0.29) is 0 Å². The number of nitrogens with zero attached hydrogens (tertiary/aromatic N) is 1. The van der Waals surface area contributed by atoms with Gasteiger partial charge >= 0.3 is 0 Å².